The Morgan fingerprint density at radius 1 is 0.919 bits per heavy atom. The lowest BCUT2D eigenvalue weighted by molar-refractivity contribution is -0.139. The molecule has 2 N–H and O–H groups in total. The van der Waals surface area contributed by atoms with Crippen molar-refractivity contribution in [1.82, 2.24) is 10.3 Å². The molecule has 0 fully saturated rings. The summed E-state index contributed by atoms with van der Waals surface area (Å²) in [5.41, 5.74) is 6.19. The highest BCUT2D eigenvalue weighted by atomic mass is 16.5. The molecule has 0 radical (unpaired) electrons. The second-order valence-corrected chi connectivity index (χ2v) is 8.98. The molecule has 1 aromatic heterocycles. The summed E-state index contributed by atoms with van der Waals surface area (Å²) in [4.78, 5) is 28.7. The molecule has 37 heavy (non-hydrogen) atoms. The number of ether oxygens (including phenoxy) is 2. The Hall–Kier alpha value is -4.65. The number of benzene rings is 3. The average Bonchev–Trinajstić information content (AvgIpc) is 3.23. The van der Waals surface area contributed by atoms with Crippen molar-refractivity contribution in [1.29, 1.82) is 0 Å². The lowest BCUT2D eigenvalue weighted by Crippen LogP contribution is -2.42. The molecule has 7 heteroatoms. The first kappa shape index (κ1) is 24.1. The minimum atomic E-state index is -1.17. The first-order chi connectivity index (χ1) is 18.0. The Balaban J connectivity index is 1.19. The minimum Gasteiger partial charge on any atom is -0.480 e. The molecule has 0 saturated heterocycles. The predicted molar refractivity (Wildman–Crippen MR) is 139 cm³/mol. The van der Waals surface area contributed by atoms with E-state index in [1.807, 2.05) is 67.6 Å². The van der Waals surface area contributed by atoms with Crippen molar-refractivity contribution in [2.24, 2.45) is 0 Å². The zero-order valence-corrected chi connectivity index (χ0v) is 20.3. The van der Waals surface area contributed by atoms with E-state index in [1.54, 1.807) is 18.3 Å². The predicted octanol–water partition coefficient (Wildman–Crippen LogP) is 5.72. The third kappa shape index (κ3) is 5.46. The van der Waals surface area contributed by atoms with Crippen LogP contribution in [0.15, 0.2) is 91.1 Å². The third-order valence-corrected chi connectivity index (χ3v) is 6.41. The number of rotatable bonds is 8. The summed E-state index contributed by atoms with van der Waals surface area (Å²) in [7, 11) is 0. The van der Waals surface area contributed by atoms with Crippen molar-refractivity contribution in [3.8, 4) is 22.8 Å². The summed E-state index contributed by atoms with van der Waals surface area (Å²) in [6.07, 6.45) is 0.817. The number of aromatic nitrogens is 1. The van der Waals surface area contributed by atoms with Crippen LogP contribution in [0.4, 0.5) is 4.79 Å². The molecule has 186 valence electrons. The van der Waals surface area contributed by atoms with E-state index >= 15 is 0 Å². The molecule has 7 nitrogen and oxygen atoms in total. The average molecular weight is 495 g/mol. The van der Waals surface area contributed by atoms with Gasteiger partial charge in [-0.25, -0.2) is 14.6 Å². The number of carboxylic acid groups (broad SMARTS) is 1. The van der Waals surface area contributed by atoms with Gasteiger partial charge in [-0.2, -0.15) is 0 Å². The van der Waals surface area contributed by atoms with Gasteiger partial charge in [-0.15, -0.1) is 0 Å². The fourth-order valence-electron chi connectivity index (χ4n) is 4.54. The van der Waals surface area contributed by atoms with Crippen LogP contribution in [0.2, 0.25) is 0 Å². The number of pyridine rings is 1. The standard InChI is InChI=1S/C30H26N2O5/c1-19-10-13-21(14-11-19)37-28-15-12-20(17-31-28)16-27(29(33)34)32-30(35)36-18-26-24-8-4-2-6-22(24)23-7-3-5-9-25(23)26/h2-15,17,26-27H,16,18H2,1H3,(H,32,35)(H,33,34). The first-order valence-electron chi connectivity index (χ1n) is 12.0. The molecule has 1 heterocycles. The number of carbonyl (C=O) groups excluding carboxylic acids is 1. The van der Waals surface area contributed by atoms with Gasteiger partial charge in [0.1, 0.15) is 18.4 Å². The smallest absolute Gasteiger partial charge is 0.407 e. The van der Waals surface area contributed by atoms with E-state index < -0.39 is 18.1 Å². The van der Waals surface area contributed by atoms with Crippen molar-refractivity contribution < 1.29 is 24.2 Å². The second kappa shape index (κ2) is 10.5. The van der Waals surface area contributed by atoms with Crippen LogP contribution < -0.4 is 10.1 Å². The van der Waals surface area contributed by atoms with Gasteiger partial charge >= 0.3 is 12.1 Å². The Bertz CT molecular complexity index is 1370. The summed E-state index contributed by atoms with van der Waals surface area (Å²) in [6, 6.07) is 25.9. The number of hydrogen-bond acceptors (Lipinski definition) is 5. The van der Waals surface area contributed by atoms with Gasteiger partial charge in [-0.05, 0) is 46.9 Å². The molecule has 1 amide bonds. The van der Waals surface area contributed by atoms with E-state index in [0.717, 1.165) is 27.8 Å². The molecule has 0 saturated carbocycles. The van der Waals surface area contributed by atoms with Crippen LogP contribution in [0.1, 0.15) is 28.2 Å². The van der Waals surface area contributed by atoms with Gasteiger partial charge in [0.05, 0.1) is 0 Å². The third-order valence-electron chi connectivity index (χ3n) is 6.41. The largest absolute Gasteiger partial charge is 0.480 e. The van der Waals surface area contributed by atoms with Gasteiger partial charge in [0.15, 0.2) is 0 Å². The molecule has 0 bridgehead atoms. The minimum absolute atomic E-state index is 0.0529. The van der Waals surface area contributed by atoms with E-state index in [1.165, 1.54) is 0 Å². The Morgan fingerprint density at radius 3 is 2.16 bits per heavy atom. The lowest BCUT2D eigenvalue weighted by Gasteiger charge is -2.17. The number of nitrogens with one attached hydrogen (secondary N) is 1. The molecule has 1 aliphatic carbocycles. The molecular formula is C30H26N2O5. The van der Waals surface area contributed by atoms with Crippen LogP contribution in [0, 0.1) is 6.92 Å². The highest BCUT2D eigenvalue weighted by Crippen LogP contribution is 2.44. The fraction of sp³-hybridized carbons (Fsp3) is 0.167. The Kier molecular flexibility index (Phi) is 6.85. The zero-order valence-electron chi connectivity index (χ0n) is 20.3. The number of fused-ring (bicyclic) bond motifs is 3. The topological polar surface area (TPSA) is 97.8 Å². The van der Waals surface area contributed by atoms with E-state index in [-0.39, 0.29) is 18.9 Å². The maximum Gasteiger partial charge on any atom is 0.407 e. The second-order valence-electron chi connectivity index (χ2n) is 8.98. The van der Waals surface area contributed by atoms with Crippen molar-refractivity contribution in [2.75, 3.05) is 6.61 Å². The van der Waals surface area contributed by atoms with Gasteiger partial charge in [0.2, 0.25) is 5.88 Å². The number of carboxylic acids is 1. The molecule has 4 aromatic rings. The van der Waals surface area contributed by atoms with Crippen LogP contribution in [-0.4, -0.2) is 34.8 Å². The zero-order chi connectivity index (χ0) is 25.8. The normalized spacial score (nSPS) is 12.8. The fourth-order valence-corrected chi connectivity index (χ4v) is 4.54. The molecule has 5 rings (SSSR count). The highest BCUT2D eigenvalue weighted by molar-refractivity contribution is 5.81. The number of amides is 1. The number of carbonyl (C=O) groups is 2. The van der Waals surface area contributed by atoms with E-state index in [2.05, 4.69) is 22.4 Å². The van der Waals surface area contributed by atoms with Crippen LogP contribution in [-0.2, 0) is 16.0 Å². The summed E-state index contributed by atoms with van der Waals surface area (Å²) in [5, 5.41) is 12.2. The van der Waals surface area contributed by atoms with Gasteiger partial charge in [-0.3, -0.25) is 0 Å². The Morgan fingerprint density at radius 2 is 1.57 bits per heavy atom. The number of nitrogens with zero attached hydrogens (tertiary/aromatic N) is 1. The van der Waals surface area contributed by atoms with Crippen LogP contribution in [0.3, 0.4) is 0 Å². The number of aliphatic carboxylic acids is 1. The van der Waals surface area contributed by atoms with Crippen LogP contribution >= 0.6 is 0 Å². The molecule has 1 unspecified atom stereocenters. The summed E-state index contributed by atoms with van der Waals surface area (Å²) < 4.78 is 11.2. The van der Waals surface area contributed by atoms with Gasteiger partial charge in [0, 0.05) is 24.6 Å². The summed E-state index contributed by atoms with van der Waals surface area (Å²) in [5.74, 6) is -0.213. The van der Waals surface area contributed by atoms with Crippen molar-refractivity contribution in [3.05, 3.63) is 113 Å². The number of alkyl carbamates (subject to hydrolysis) is 1. The van der Waals surface area contributed by atoms with Gasteiger partial charge < -0.3 is 19.9 Å². The number of aryl methyl sites for hydroxylation is 1. The summed E-state index contributed by atoms with van der Waals surface area (Å²) >= 11 is 0. The van der Waals surface area contributed by atoms with Crippen molar-refractivity contribution in [2.45, 2.75) is 25.3 Å². The molecular weight excluding hydrogens is 468 g/mol. The maximum absolute atomic E-state index is 12.6. The molecule has 0 spiro atoms. The monoisotopic (exact) mass is 494 g/mol. The van der Waals surface area contributed by atoms with Gasteiger partial charge in [-0.1, -0.05) is 72.3 Å². The molecule has 3 aromatic carbocycles. The Labute approximate surface area is 214 Å². The molecule has 1 atom stereocenters. The molecule has 0 aliphatic heterocycles. The first-order valence-corrected chi connectivity index (χ1v) is 12.0. The lowest BCUT2D eigenvalue weighted by atomic mass is 9.98. The van der Waals surface area contributed by atoms with Crippen molar-refractivity contribution >= 4 is 12.1 Å². The van der Waals surface area contributed by atoms with Gasteiger partial charge in [0.25, 0.3) is 0 Å². The van der Waals surface area contributed by atoms with E-state index in [0.29, 0.717) is 17.2 Å². The summed E-state index contributed by atoms with van der Waals surface area (Å²) in [6.45, 7) is 2.10. The maximum atomic E-state index is 12.6. The quantitative estimate of drug-likeness (QED) is 0.325. The number of hydrogen-bond donors (Lipinski definition) is 2. The SMILES string of the molecule is Cc1ccc(Oc2ccc(CC(NC(=O)OCC3c4ccccc4-c4ccccc43)C(=O)O)cn2)cc1. The molecule has 1 aliphatic rings. The highest BCUT2D eigenvalue weighted by Gasteiger charge is 2.29. The van der Waals surface area contributed by atoms with Crippen LogP contribution in [0.25, 0.3) is 11.1 Å². The van der Waals surface area contributed by atoms with E-state index in [9.17, 15) is 14.7 Å². The van der Waals surface area contributed by atoms with Crippen LogP contribution in [0.5, 0.6) is 11.6 Å². The van der Waals surface area contributed by atoms with Crippen molar-refractivity contribution in [3.63, 3.8) is 0 Å². The van der Waals surface area contributed by atoms with E-state index in [4.69, 9.17) is 9.47 Å².